The number of β-amino-alcohol motifs (C(OH)–C–C–N with tert-alkyl or cyclic N) is 1. The average Bonchev–Trinajstić information content (AvgIpc) is 2.31. The van der Waals surface area contributed by atoms with Crippen LogP contribution >= 0.6 is 0 Å². The number of hydrogen-bond acceptors (Lipinski definition) is 3. The Morgan fingerprint density at radius 1 is 1.67 bits per heavy atom. The molecule has 0 saturated carbocycles. The molecule has 3 heteroatoms. The van der Waals surface area contributed by atoms with Crippen molar-refractivity contribution in [1.29, 1.82) is 0 Å². The van der Waals surface area contributed by atoms with Crippen LogP contribution in [-0.2, 0) is 0 Å². The van der Waals surface area contributed by atoms with Crippen LogP contribution in [0.5, 0.6) is 0 Å². The number of hydrogen-bond donors (Lipinski definition) is 2. The summed E-state index contributed by atoms with van der Waals surface area (Å²) in [6.45, 7) is 6.67. The fourth-order valence-electron chi connectivity index (χ4n) is 1.98. The second kappa shape index (κ2) is 4.21. The normalized spacial score (nSPS) is 34.0. The minimum Gasteiger partial charge on any atom is -0.392 e. The van der Waals surface area contributed by atoms with Crippen LogP contribution < -0.4 is 5.73 Å². The van der Waals surface area contributed by atoms with E-state index in [1.54, 1.807) is 0 Å². The lowest BCUT2D eigenvalue weighted by Gasteiger charge is -2.22. The topological polar surface area (TPSA) is 49.5 Å². The van der Waals surface area contributed by atoms with Crippen LogP contribution in [0.25, 0.3) is 0 Å². The molecule has 1 rings (SSSR count). The Balaban J connectivity index is 2.35. The summed E-state index contributed by atoms with van der Waals surface area (Å²) < 4.78 is 0. The molecule has 0 amide bonds. The summed E-state index contributed by atoms with van der Waals surface area (Å²) >= 11 is 0. The van der Waals surface area contributed by atoms with Gasteiger partial charge in [0.25, 0.3) is 0 Å². The molecule has 0 spiro atoms. The van der Waals surface area contributed by atoms with Gasteiger partial charge in [-0.3, -0.25) is 4.90 Å². The Kier molecular flexibility index (Phi) is 3.50. The second-order valence-corrected chi connectivity index (χ2v) is 3.99. The van der Waals surface area contributed by atoms with Crippen LogP contribution in [0.1, 0.15) is 20.3 Å². The highest BCUT2D eigenvalue weighted by Gasteiger charge is 2.28. The maximum Gasteiger partial charge on any atom is 0.0639 e. The van der Waals surface area contributed by atoms with Crippen molar-refractivity contribution >= 4 is 0 Å². The standard InChI is InChI=1S/C9H20N2O/c1-7-3-9(4-10)6-11(7)5-8(2)12/h7-9,12H,3-6,10H2,1-2H3. The summed E-state index contributed by atoms with van der Waals surface area (Å²) in [7, 11) is 0. The lowest BCUT2D eigenvalue weighted by molar-refractivity contribution is 0.122. The first-order valence-corrected chi connectivity index (χ1v) is 4.75. The largest absolute Gasteiger partial charge is 0.392 e. The van der Waals surface area contributed by atoms with E-state index in [-0.39, 0.29) is 6.10 Å². The van der Waals surface area contributed by atoms with Gasteiger partial charge in [-0.2, -0.15) is 0 Å². The predicted octanol–water partition coefficient (Wildman–Crippen LogP) is 0.0363. The van der Waals surface area contributed by atoms with E-state index in [1.165, 1.54) is 6.42 Å². The van der Waals surface area contributed by atoms with Gasteiger partial charge in [0.05, 0.1) is 6.10 Å². The van der Waals surface area contributed by atoms with E-state index in [0.29, 0.717) is 12.0 Å². The van der Waals surface area contributed by atoms with Crippen LogP contribution in [-0.4, -0.2) is 41.8 Å². The number of aliphatic hydroxyl groups is 1. The SMILES string of the molecule is CC(O)CN1CC(CN)CC1C. The van der Waals surface area contributed by atoms with Crippen LogP contribution in [0.4, 0.5) is 0 Å². The van der Waals surface area contributed by atoms with Gasteiger partial charge in [0.1, 0.15) is 0 Å². The van der Waals surface area contributed by atoms with Crippen molar-refractivity contribution in [1.82, 2.24) is 4.90 Å². The maximum absolute atomic E-state index is 9.22. The summed E-state index contributed by atoms with van der Waals surface area (Å²) in [5.41, 5.74) is 5.60. The molecule has 3 nitrogen and oxygen atoms in total. The van der Waals surface area contributed by atoms with E-state index in [1.807, 2.05) is 6.92 Å². The van der Waals surface area contributed by atoms with Crippen LogP contribution in [0.3, 0.4) is 0 Å². The molecule has 0 radical (unpaired) electrons. The molecule has 0 aromatic rings. The van der Waals surface area contributed by atoms with Crippen molar-refractivity contribution in [3.63, 3.8) is 0 Å². The number of nitrogens with zero attached hydrogens (tertiary/aromatic N) is 1. The molecule has 1 fully saturated rings. The summed E-state index contributed by atoms with van der Waals surface area (Å²) in [6.07, 6.45) is 0.965. The maximum atomic E-state index is 9.22. The summed E-state index contributed by atoms with van der Waals surface area (Å²) in [4.78, 5) is 2.32. The summed E-state index contributed by atoms with van der Waals surface area (Å²) in [5.74, 6) is 0.638. The predicted molar refractivity (Wildman–Crippen MR) is 49.9 cm³/mol. The fraction of sp³-hybridized carbons (Fsp3) is 1.00. The van der Waals surface area contributed by atoms with Crippen LogP contribution in [0.2, 0.25) is 0 Å². The van der Waals surface area contributed by atoms with Crippen molar-refractivity contribution in [2.75, 3.05) is 19.6 Å². The van der Waals surface area contributed by atoms with Gasteiger partial charge in [0, 0.05) is 19.1 Å². The van der Waals surface area contributed by atoms with Gasteiger partial charge in [-0.05, 0) is 32.7 Å². The zero-order chi connectivity index (χ0) is 9.14. The molecule has 0 bridgehead atoms. The monoisotopic (exact) mass is 172 g/mol. The van der Waals surface area contributed by atoms with Gasteiger partial charge < -0.3 is 10.8 Å². The van der Waals surface area contributed by atoms with Crippen molar-refractivity contribution < 1.29 is 5.11 Å². The summed E-state index contributed by atoms with van der Waals surface area (Å²) in [6, 6.07) is 0.591. The third-order valence-corrected chi connectivity index (χ3v) is 2.62. The first-order valence-electron chi connectivity index (χ1n) is 4.75. The van der Waals surface area contributed by atoms with Crippen molar-refractivity contribution in [2.45, 2.75) is 32.4 Å². The van der Waals surface area contributed by atoms with Crippen molar-refractivity contribution in [3.05, 3.63) is 0 Å². The van der Waals surface area contributed by atoms with Gasteiger partial charge in [-0.1, -0.05) is 0 Å². The van der Waals surface area contributed by atoms with E-state index < -0.39 is 0 Å². The van der Waals surface area contributed by atoms with E-state index in [4.69, 9.17) is 5.73 Å². The zero-order valence-corrected chi connectivity index (χ0v) is 8.03. The molecular formula is C9H20N2O. The third kappa shape index (κ3) is 2.44. The molecule has 72 valence electrons. The number of likely N-dealkylation sites (tertiary alicyclic amines) is 1. The van der Waals surface area contributed by atoms with E-state index in [2.05, 4.69) is 11.8 Å². The number of aliphatic hydroxyl groups excluding tert-OH is 1. The first-order chi connectivity index (χ1) is 5.63. The minimum absolute atomic E-state index is 0.219. The highest BCUT2D eigenvalue weighted by atomic mass is 16.3. The molecule has 0 aliphatic carbocycles. The van der Waals surface area contributed by atoms with Gasteiger partial charge in [0.15, 0.2) is 0 Å². The molecular weight excluding hydrogens is 152 g/mol. The summed E-state index contributed by atoms with van der Waals surface area (Å²) in [5, 5.41) is 9.22. The number of nitrogens with two attached hydrogens (primary N) is 1. The molecule has 3 unspecified atom stereocenters. The minimum atomic E-state index is -0.219. The lowest BCUT2D eigenvalue weighted by atomic mass is 10.1. The Morgan fingerprint density at radius 2 is 2.33 bits per heavy atom. The van der Waals surface area contributed by atoms with Crippen LogP contribution in [0, 0.1) is 5.92 Å². The molecule has 3 N–H and O–H groups in total. The molecule has 0 aromatic heterocycles. The Labute approximate surface area is 74.5 Å². The Hall–Kier alpha value is -0.120. The van der Waals surface area contributed by atoms with E-state index in [0.717, 1.165) is 19.6 Å². The zero-order valence-electron chi connectivity index (χ0n) is 8.03. The molecule has 12 heavy (non-hydrogen) atoms. The molecule has 1 saturated heterocycles. The first kappa shape index (κ1) is 9.96. The molecule has 1 aliphatic heterocycles. The quantitative estimate of drug-likeness (QED) is 0.632. The Morgan fingerprint density at radius 3 is 2.75 bits per heavy atom. The van der Waals surface area contributed by atoms with Gasteiger partial charge in [-0.25, -0.2) is 0 Å². The lowest BCUT2D eigenvalue weighted by Crippen LogP contribution is -2.34. The highest BCUT2D eigenvalue weighted by molar-refractivity contribution is 4.83. The van der Waals surface area contributed by atoms with Gasteiger partial charge >= 0.3 is 0 Å². The number of rotatable bonds is 3. The van der Waals surface area contributed by atoms with Crippen molar-refractivity contribution in [2.24, 2.45) is 11.7 Å². The second-order valence-electron chi connectivity index (χ2n) is 3.99. The van der Waals surface area contributed by atoms with E-state index >= 15 is 0 Å². The molecule has 1 aliphatic rings. The Bertz CT molecular complexity index is 138. The highest BCUT2D eigenvalue weighted by Crippen LogP contribution is 2.21. The molecule has 0 aromatic carbocycles. The van der Waals surface area contributed by atoms with Gasteiger partial charge in [-0.15, -0.1) is 0 Å². The third-order valence-electron chi connectivity index (χ3n) is 2.62. The fourth-order valence-corrected chi connectivity index (χ4v) is 1.98. The van der Waals surface area contributed by atoms with Crippen LogP contribution in [0.15, 0.2) is 0 Å². The molecule has 3 atom stereocenters. The smallest absolute Gasteiger partial charge is 0.0639 e. The van der Waals surface area contributed by atoms with Crippen molar-refractivity contribution in [3.8, 4) is 0 Å². The van der Waals surface area contributed by atoms with E-state index in [9.17, 15) is 5.11 Å². The average molecular weight is 172 g/mol. The van der Waals surface area contributed by atoms with Gasteiger partial charge in [0.2, 0.25) is 0 Å². The molecule has 1 heterocycles.